The van der Waals surface area contributed by atoms with Gasteiger partial charge in [-0.15, -0.1) is 0 Å². The van der Waals surface area contributed by atoms with Gasteiger partial charge < -0.3 is 5.32 Å². The number of sulfonamides is 1. The number of amides is 1. The van der Waals surface area contributed by atoms with Crippen LogP contribution in [0, 0.1) is 5.92 Å². The average Bonchev–Trinajstić information content (AvgIpc) is 3.08. The second kappa shape index (κ2) is 7.60. The SMILES string of the molecule is CC(C)C(=O)Nc1cccc(CNS(=O)(=O)c2ccc3c(c2)CCC3)c1. The van der Waals surface area contributed by atoms with Crippen LogP contribution in [-0.2, 0) is 34.2 Å². The first kappa shape index (κ1) is 18.6. The van der Waals surface area contributed by atoms with E-state index < -0.39 is 10.0 Å². The average molecular weight is 372 g/mol. The third-order valence-corrected chi connectivity index (χ3v) is 5.96. The molecule has 1 aliphatic carbocycles. The molecule has 2 aromatic rings. The summed E-state index contributed by atoms with van der Waals surface area (Å²) in [5.74, 6) is -0.183. The van der Waals surface area contributed by atoms with E-state index in [0.717, 1.165) is 30.4 Å². The summed E-state index contributed by atoms with van der Waals surface area (Å²) in [6.45, 7) is 3.82. The van der Waals surface area contributed by atoms with Crippen molar-refractivity contribution in [3.63, 3.8) is 0 Å². The van der Waals surface area contributed by atoms with Crippen LogP contribution in [0.1, 0.15) is 37.0 Å². The smallest absolute Gasteiger partial charge is 0.240 e. The Bertz CT molecular complexity index is 920. The lowest BCUT2D eigenvalue weighted by atomic mass is 10.1. The summed E-state index contributed by atoms with van der Waals surface area (Å²) in [7, 11) is -3.57. The van der Waals surface area contributed by atoms with Gasteiger partial charge in [-0.2, -0.15) is 0 Å². The lowest BCUT2D eigenvalue weighted by molar-refractivity contribution is -0.118. The first-order chi connectivity index (χ1) is 12.3. The molecule has 1 amide bonds. The van der Waals surface area contributed by atoms with Gasteiger partial charge in [-0.25, -0.2) is 13.1 Å². The zero-order chi connectivity index (χ0) is 18.7. The van der Waals surface area contributed by atoms with Gasteiger partial charge in [0, 0.05) is 18.2 Å². The molecule has 0 spiro atoms. The molecule has 0 bridgehead atoms. The summed E-state index contributed by atoms with van der Waals surface area (Å²) in [4.78, 5) is 12.1. The number of hydrogen-bond donors (Lipinski definition) is 2. The topological polar surface area (TPSA) is 75.3 Å². The molecule has 2 N–H and O–H groups in total. The Kier molecular flexibility index (Phi) is 5.44. The number of nitrogens with one attached hydrogen (secondary N) is 2. The number of aryl methyl sites for hydroxylation is 2. The number of hydrogen-bond acceptors (Lipinski definition) is 3. The maximum atomic E-state index is 12.6. The van der Waals surface area contributed by atoms with E-state index >= 15 is 0 Å². The summed E-state index contributed by atoms with van der Waals surface area (Å²) in [6, 6.07) is 12.6. The van der Waals surface area contributed by atoms with Crippen molar-refractivity contribution in [3.8, 4) is 0 Å². The first-order valence-corrected chi connectivity index (χ1v) is 10.3. The van der Waals surface area contributed by atoms with Crippen molar-refractivity contribution >= 4 is 21.6 Å². The summed E-state index contributed by atoms with van der Waals surface area (Å²) in [6.07, 6.45) is 3.05. The normalized spacial score (nSPS) is 13.7. The van der Waals surface area contributed by atoms with Crippen molar-refractivity contribution in [2.24, 2.45) is 5.92 Å². The van der Waals surface area contributed by atoms with Gasteiger partial charge in [0.1, 0.15) is 0 Å². The fourth-order valence-electron chi connectivity index (χ4n) is 3.02. The van der Waals surface area contributed by atoms with Crippen molar-refractivity contribution < 1.29 is 13.2 Å². The van der Waals surface area contributed by atoms with E-state index in [1.807, 2.05) is 26.0 Å². The standard InChI is InChI=1S/C20H24N2O3S/c1-14(2)20(23)22-18-8-3-5-15(11-18)13-21-26(24,25)19-10-9-16-6-4-7-17(16)12-19/h3,5,8-12,14,21H,4,6-7,13H2,1-2H3,(H,22,23). The maximum Gasteiger partial charge on any atom is 0.240 e. The zero-order valence-electron chi connectivity index (χ0n) is 15.1. The van der Waals surface area contributed by atoms with Gasteiger partial charge in [0.2, 0.25) is 15.9 Å². The Labute approximate surface area is 154 Å². The Morgan fingerprint density at radius 1 is 1.08 bits per heavy atom. The molecule has 0 saturated heterocycles. The van der Waals surface area contributed by atoms with E-state index in [9.17, 15) is 13.2 Å². The minimum Gasteiger partial charge on any atom is -0.326 e. The monoisotopic (exact) mass is 372 g/mol. The van der Waals surface area contributed by atoms with E-state index in [2.05, 4.69) is 10.0 Å². The fourth-order valence-corrected chi connectivity index (χ4v) is 4.09. The molecule has 138 valence electrons. The van der Waals surface area contributed by atoms with Crippen LogP contribution in [0.3, 0.4) is 0 Å². The molecule has 0 aromatic heterocycles. The molecule has 2 aromatic carbocycles. The minimum absolute atomic E-state index is 0.0686. The van der Waals surface area contributed by atoms with Gasteiger partial charge in [0.05, 0.1) is 4.90 Å². The number of benzene rings is 2. The molecule has 0 aliphatic heterocycles. The molecule has 0 heterocycles. The van der Waals surface area contributed by atoms with Crippen molar-refractivity contribution in [2.75, 3.05) is 5.32 Å². The number of rotatable bonds is 6. The fraction of sp³-hybridized carbons (Fsp3) is 0.350. The third kappa shape index (κ3) is 4.31. The molecule has 0 unspecified atom stereocenters. The molecule has 26 heavy (non-hydrogen) atoms. The highest BCUT2D eigenvalue weighted by atomic mass is 32.2. The molecule has 5 nitrogen and oxygen atoms in total. The van der Waals surface area contributed by atoms with Crippen molar-refractivity contribution in [2.45, 2.75) is 44.6 Å². The quantitative estimate of drug-likeness (QED) is 0.817. The summed E-state index contributed by atoms with van der Waals surface area (Å²) in [5, 5.41) is 2.82. The number of fused-ring (bicyclic) bond motifs is 1. The van der Waals surface area contributed by atoms with Crippen LogP contribution in [0.2, 0.25) is 0 Å². The highest BCUT2D eigenvalue weighted by molar-refractivity contribution is 7.89. The maximum absolute atomic E-state index is 12.6. The van der Waals surface area contributed by atoms with E-state index in [1.54, 1.807) is 30.3 Å². The lowest BCUT2D eigenvalue weighted by Gasteiger charge is -2.11. The predicted molar refractivity (Wildman–Crippen MR) is 102 cm³/mol. The van der Waals surface area contributed by atoms with Crippen LogP contribution >= 0.6 is 0 Å². The van der Waals surface area contributed by atoms with Crippen LogP contribution in [0.25, 0.3) is 0 Å². The predicted octanol–water partition coefficient (Wildman–Crippen LogP) is 3.25. The molecule has 1 aliphatic rings. The largest absolute Gasteiger partial charge is 0.326 e. The molecule has 0 saturated carbocycles. The summed E-state index contributed by atoms with van der Waals surface area (Å²) in [5.41, 5.74) is 3.83. The van der Waals surface area contributed by atoms with Gasteiger partial charge in [-0.1, -0.05) is 32.0 Å². The van der Waals surface area contributed by atoms with Gasteiger partial charge >= 0.3 is 0 Å². The second-order valence-corrected chi connectivity index (χ2v) is 8.72. The van der Waals surface area contributed by atoms with E-state index in [4.69, 9.17) is 0 Å². The van der Waals surface area contributed by atoms with Gasteiger partial charge in [-0.05, 0) is 60.2 Å². The molecule has 3 rings (SSSR count). The first-order valence-electron chi connectivity index (χ1n) is 8.86. The summed E-state index contributed by atoms with van der Waals surface area (Å²) >= 11 is 0. The van der Waals surface area contributed by atoms with Gasteiger partial charge in [0.15, 0.2) is 0 Å². The summed E-state index contributed by atoms with van der Waals surface area (Å²) < 4.78 is 27.8. The van der Waals surface area contributed by atoms with Crippen LogP contribution in [0.4, 0.5) is 5.69 Å². The van der Waals surface area contributed by atoms with Crippen LogP contribution in [0.15, 0.2) is 47.4 Å². The van der Waals surface area contributed by atoms with Crippen molar-refractivity contribution in [1.29, 1.82) is 0 Å². The molecule has 6 heteroatoms. The van der Waals surface area contributed by atoms with Crippen molar-refractivity contribution in [3.05, 3.63) is 59.2 Å². The highest BCUT2D eigenvalue weighted by Crippen LogP contribution is 2.24. The van der Waals surface area contributed by atoms with Gasteiger partial charge in [0.25, 0.3) is 0 Å². The van der Waals surface area contributed by atoms with Crippen LogP contribution < -0.4 is 10.0 Å². The number of carbonyl (C=O) groups is 1. The Hall–Kier alpha value is -2.18. The zero-order valence-corrected chi connectivity index (χ0v) is 15.9. The molecular formula is C20H24N2O3S. The Morgan fingerprint density at radius 3 is 2.62 bits per heavy atom. The highest BCUT2D eigenvalue weighted by Gasteiger charge is 2.18. The third-order valence-electron chi connectivity index (χ3n) is 4.57. The van der Waals surface area contributed by atoms with Crippen LogP contribution in [0.5, 0.6) is 0 Å². The van der Waals surface area contributed by atoms with E-state index in [-0.39, 0.29) is 18.4 Å². The molecule has 0 radical (unpaired) electrons. The van der Waals surface area contributed by atoms with Gasteiger partial charge in [-0.3, -0.25) is 4.79 Å². The number of anilines is 1. The Morgan fingerprint density at radius 2 is 1.85 bits per heavy atom. The lowest BCUT2D eigenvalue weighted by Crippen LogP contribution is -2.23. The van der Waals surface area contributed by atoms with Crippen LogP contribution in [-0.4, -0.2) is 14.3 Å². The minimum atomic E-state index is -3.57. The number of carbonyl (C=O) groups excluding carboxylic acids is 1. The molecular weight excluding hydrogens is 348 g/mol. The molecule has 0 fully saturated rings. The Balaban J connectivity index is 1.69. The van der Waals surface area contributed by atoms with Crippen molar-refractivity contribution in [1.82, 2.24) is 4.72 Å². The second-order valence-electron chi connectivity index (χ2n) is 6.95. The molecule has 0 atom stereocenters. The van der Waals surface area contributed by atoms with E-state index in [1.165, 1.54) is 5.56 Å². The van der Waals surface area contributed by atoms with E-state index in [0.29, 0.717) is 10.6 Å².